The Morgan fingerprint density at radius 2 is 2.03 bits per heavy atom. The normalized spacial score (nSPS) is 18.6. The molecule has 10 heteroatoms. The molecule has 0 bridgehead atoms. The van der Waals surface area contributed by atoms with Crippen LogP contribution < -0.4 is 10.2 Å². The van der Waals surface area contributed by atoms with E-state index in [-0.39, 0.29) is 17.7 Å². The van der Waals surface area contributed by atoms with Gasteiger partial charge in [0.25, 0.3) is 0 Å². The molecular formula is C26H27Cl2N5O3. The number of halogens is 2. The number of carbonyl (C=O) groups excluding carboxylic acids is 2. The number of amides is 2. The van der Waals surface area contributed by atoms with Crippen LogP contribution in [0.5, 0.6) is 0 Å². The molecule has 1 atom stereocenters. The lowest BCUT2D eigenvalue weighted by Gasteiger charge is -2.30. The molecule has 3 aromatic rings. The molecule has 5 rings (SSSR count). The van der Waals surface area contributed by atoms with Crippen molar-refractivity contribution < 1.29 is 14.1 Å². The molecule has 2 saturated heterocycles. The smallest absolute Gasteiger partial charge is 0.241 e. The molecule has 2 aliphatic heterocycles. The summed E-state index contributed by atoms with van der Waals surface area (Å²) in [5, 5.41) is 8.13. The lowest BCUT2D eigenvalue weighted by Crippen LogP contribution is -2.42. The molecule has 3 heterocycles. The van der Waals surface area contributed by atoms with E-state index >= 15 is 0 Å². The molecule has 0 saturated carbocycles. The molecule has 8 nitrogen and oxygen atoms in total. The molecule has 1 unspecified atom stereocenters. The van der Waals surface area contributed by atoms with Crippen LogP contribution >= 0.6 is 23.2 Å². The first-order valence-electron chi connectivity index (χ1n) is 12.1. The molecule has 2 aromatic carbocycles. The molecule has 0 spiro atoms. The van der Waals surface area contributed by atoms with E-state index in [2.05, 4.69) is 20.4 Å². The first-order valence-corrected chi connectivity index (χ1v) is 12.9. The number of aromatic nitrogens is 2. The van der Waals surface area contributed by atoms with Crippen LogP contribution in [0, 0.1) is 5.92 Å². The Morgan fingerprint density at radius 3 is 2.83 bits per heavy atom. The monoisotopic (exact) mass is 527 g/mol. The Hall–Kier alpha value is -2.94. The van der Waals surface area contributed by atoms with Crippen LogP contribution in [0.2, 0.25) is 10.0 Å². The highest BCUT2D eigenvalue weighted by Crippen LogP contribution is 2.29. The zero-order valence-corrected chi connectivity index (χ0v) is 21.3. The van der Waals surface area contributed by atoms with Crippen molar-refractivity contribution in [2.24, 2.45) is 5.92 Å². The molecule has 188 valence electrons. The Bertz CT molecular complexity index is 1260. The van der Waals surface area contributed by atoms with Crippen LogP contribution in [0.4, 0.5) is 5.69 Å². The minimum atomic E-state index is -0.116. The van der Waals surface area contributed by atoms with E-state index in [1.54, 1.807) is 18.2 Å². The first-order chi connectivity index (χ1) is 17.5. The van der Waals surface area contributed by atoms with Crippen molar-refractivity contribution in [2.75, 3.05) is 24.5 Å². The minimum absolute atomic E-state index is 0.0292. The number of benzene rings is 2. The molecule has 1 N–H and O–H groups in total. The fraction of sp³-hybridized carbons (Fsp3) is 0.385. The maximum absolute atomic E-state index is 12.9. The van der Waals surface area contributed by atoms with E-state index in [0.717, 1.165) is 43.6 Å². The van der Waals surface area contributed by atoms with Crippen LogP contribution in [-0.2, 0) is 22.7 Å². The third kappa shape index (κ3) is 5.72. The number of nitrogens with zero attached hydrogens (tertiary/aromatic N) is 4. The predicted molar refractivity (Wildman–Crippen MR) is 138 cm³/mol. The Labute approximate surface area is 219 Å². The van der Waals surface area contributed by atoms with E-state index < -0.39 is 0 Å². The fourth-order valence-corrected chi connectivity index (χ4v) is 5.29. The van der Waals surface area contributed by atoms with E-state index in [9.17, 15) is 9.59 Å². The molecule has 2 fully saturated rings. The summed E-state index contributed by atoms with van der Waals surface area (Å²) in [6.45, 7) is 3.12. The SMILES string of the molecule is O=C(NCc1cccc(N2CCCC2=O)c1)C1CCCN(Cc2nc(-c3ccc(Cl)cc3Cl)no2)C1. The second-order valence-corrected chi connectivity index (χ2v) is 10.1. The Morgan fingerprint density at radius 1 is 1.14 bits per heavy atom. The quantitative estimate of drug-likeness (QED) is 0.478. The van der Waals surface area contributed by atoms with Gasteiger partial charge in [-0.25, -0.2) is 0 Å². The van der Waals surface area contributed by atoms with Gasteiger partial charge in [0.1, 0.15) is 0 Å². The lowest BCUT2D eigenvalue weighted by atomic mass is 9.97. The zero-order valence-electron chi connectivity index (χ0n) is 19.8. The average Bonchev–Trinajstić information content (AvgIpc) is 3.52. The highest BCUT2D eigenvalue weighted by atomic mass is 35.5. The van der Waals surface area contributed by atoms with Crippen molar-refractivity contribution in [3.05, 3.63) is 64.0 Å². The van der Waals surface area contributed by atoms with Crippen LogP contribution in [0.3, 0.4) is 0 Å². The van der Waals surface area contributed by atoms with Crippen LogP contribution in [0.1, 0.15) is 37.1 Å². The van der Waals surface area contributed by atoms with Gasteiger partial charge in [-0.2, -0.15) is 4.98 Å². The summed E-state index contributed by atoms with van der Waals surface area (Å²) >= 11 is 12.2. The van der Waals surface area contributed by atoms with Gasteiger partial charge < -0.3 is 14.7 Å². The van der Waals surface area contributed by atoms with Gasteiger partial charge in [0, 0.05) is 42.3 Å². The Balaban J connectivity index is 1.15. The van der Waals surface area contributed by atoms with E-state index in [4.69, 9.17) is 27.7 Å². The third-order valence-electron chi connectivity index (χ3n) is 6.64. The molecule has 0 aliphatic carbocycles. The number of rotatable bonds is 7. The van der Waals surface area contributed by atoms with Crippen LogP contribution in [0.15, 0.2) is 47.0 Å². The van der Waals surface area contributed by atoms with Gasteiger partial charge in [-0.1, -0.05) is 40.5 Å². The summed E-state index contributed by atoms with van der Waals surface area (Å²) in [4.78, 5) is 33.4. The third-order valence-corrected chi connectivity index (χ3v) is 7.19. The van der Waals surface area contributed by atoms with Gasteiger partial charge in [-0.3, -0.25) is 14.5 Å². The summed E-state index contributed by atoms with van der Waals surface area (Å²) in [5.41, 5.74) is 2.53. The van der Waals surface area contributed by atoms with Crippen molar-refractivity contribution in [1.82, 2.24) is 20.4 Å². The lowest BCUT2D eigenvalue weighted by molar-refractivity contribution is -0.127. The summed E-state index contributed by atoms with van der Waals surface area (Å²) in [6, 6.07) is 13.0. The number of hydrogen-bond acceptors (Lipinski definition) is 6. The van der Waals surface area contributed by atoms with E-state index in [1.807, 2.05) is 29.2 Å². The molecule has 2 aliphatic rings. The molecular weight excluding hydrogens is 501 g/mol. The minimum Gasteiger partial charge on any atom is -0.352 e. The van der Waals surface area contributed by atoms with Crippen LogP contribution in [0.25, 0.3) is 11.4 Å². The maximum atomic E-state index is 12.9. The highest BCUT2D eigenvalue weighted by Gasteiger charge is 2.27. The van der Waals surface area contributed by atoms with Gasteiger partial charge in [-0.15, -0.1) is 0 Å². The van der Waals surface area contributed by atoms with Gasteiger partial charge in [-0.05, 0) is 61.7 Å². The topological polar surface area (TPSA) is 91.6 Å². The van der Waals surface area contributed by atoms with Crippen molar-refractivity contribution in [3.63, 3.8) is 0 Å². The number of anilines is 1. The number of piperidine rings is 1. The van der Waals surface area contributed by atoms with Crippen LogP contribution in [-0.4, -0.2) is 46.5 Å². The second kappa shape index (κ2) is 11.0. The van der Waals surface area contributed by atoms with Gasteiger partial charge in [0.2, 0.25) is 23.5 Å². The zero-order chi connectivity index (χ0) is 25.1. The molecule has 36 heavy (non-hydrogen) atoms. The first kappa shape index (κ1) is 24.7. The van der Waals surface area contributed by atoms with Gasteiger partial charge in [0.05, 0.1) is 17.5 Å². The average molecular weight is 528 g/mol. The molecule has 1 aromatic heterocycles. The van der Waals surface area contributed by atoms with Crippen molar-refractivity contribution in [2.45, 2.75) is 38.8 Å². The summed E-state index contributed by atoms with van der Waals surface area (Å²) in [5.74, 6) is 0.959. The number of nitrogens with one attached hydrogen (secondary N) is 1. The number of carbonyl (C=O) groups is 2. The number of hydrogen-bond donors (Lipinski definition) is 1. The molecule has 0 radical (unpaired) electrons. The standard InChI is InChI=1S/C26H27Cl2N5O3/c27-19-8-9-21(22(28)13-19)25-30-23(36-31-25)16-32-10-2-5-18(15-32)26(35)29-14-17-4-1-6-20(12-17)33-11-3-7-24(33)34/h1,4,6,8-9,12-13,18H,2-3,5,7,10-11,14-16H2,(H,29,35). The van der Waals surface area contributed by atoms with Crippen molar-refractivity contribution in [1.29, 1.82) is 0 Å². The maximum Gasteiger partial charge on any atom is 0.241 e. The largest absolute Gasteiger partial charge is 0.352 e. The van der Waals surface area contributed by atoms with Gasteiger partial charge >= 0.3 is 0 Å². The van der Waals surface area contributed by atoms with E-state index in [1.165, 1.54) is 0 Å². The van der Waals surface area contributed by atoms with Crippen molar-refractivity contribution >= 4 is 40.7 Å². The molecule has 2 amide bonds. The second-order valence-electron chi connectivity index (χ2n) is 9.25. The Kier molecular flexibility index (Phi) is 7.55. The number of likely N-dealkylation sites (tertiary alicyclic amines) is 1. The highest BCUT2D eigenvalue weighted by molar-refractivity contribution is 6.36. The predicted octanol–water partition coefficient (Wildman–Crippen LogP) is 4.70. The summed E-state index contributed by atoms with van der Waals surface area (Å²) in [6.07, 6.45) is 3.23. The van der Waals surface area contributed by atoms with E-state index in [0.29, 0.717) is 53.4 Å². The van der Waals surface area contributed by atoms with Crippen molar-refractivity contribution in [3.8, 4) is 11.4 Å². The summed E-state index contributed by atoms with van der Waals surface area (Å²) in [7, 11) is 0. The summed E-state index contributed by atoms with van der Waals surface area (Å²) < 4.78 is 5.45. The fourth-order valence-electron chi connectivity index (χ4n) is 4.79. The van der Waals surface area contributed by atoms with Gasteiger partial charge in [0.15, 0.2) is 0 Å².